The third-order valence-corrected chi connectivity index (χ3v) is 10.4. The van der Waals surface area contributed by atoms with Crippen molar-refractivity contribution in [3.63, 3.8) is 0 Å². The summed E-state index contributed by atoms with van der Waals surface area (Å²) in [7, 11) is 4.79. The van der Waals surface area contributed by atoms with E-state index in [-0.39, 0.29) is 23.9 Å². The van der Waals surface area contributed by atoms with Gasteiger partial charge in [-0.3, -0.25) is 14.5 Å². The van der Waals surface area contributed by atoms with Gasteiger partial charge < -0.3 is 23.9 Å². The van der Waals surface area contributed by atoms with E-state index in [1.165, 1.54) is 57.6 Å². The third-order valence-electron chi connectivity index (χ3n) is 10.4. The summed E-state index contributed by atoms with van der Waals surface area (Å²) in [5.74, 6) is 1.70. The summed E-state index contributed by atoms with van der Waals surface area (Å²) in [4.78, 5) is 32.7. The summed E-state index contributed by atoms with van der Waals surface area (Å²) in [6, 6.07) is 4.00. The molecule has 1 saturated carbocycles. The van der Waals surface area contributed by atoms with E-state index in [1.54, 1.807) is 14.2 Å². The first-order chi connectivity index (χ1) is 21.0. The number of hydrogen-bond acceptors (Lipinski definition) is 7. The number of unbranched alkanes of at least 4 members (excludes halogenated alkanes) is 8. The Hall–Kier alpha value is -2.74. The molecule has 3 aliphatic heterocycles. The molecule has 0 amide bonds. The fraction of sp³-hybridized carbons (Fsp3) is 0.714. The lowest BCUT2D eigenvalue weighted by Crippen LogP contribution is -2.67. The van der Waals surface area contributed by atoms with Crippen LogP contribution in [-0.4, -0.2) is 68.9 Å². The molecule has 1 aliphatic carbocycles. The van der Waals surface area contributed by atoms with Gasteiger partial charge in [-0.25, -0.2) is 0 Å². The number of aromatic amines is 1. The number of methoxy groups -OCH3 is 3. The zero-order valence-corrected chi connectivity index (χ0v) is 26.8. The second-order valence-corrected chi connectivity index (χ2v) is 13.0. The van der Waals surface area contributed by atoms with E-state index >= 15 is 0 Å². The Morgan fingerprint density at radius 3 is 2.37 bits per heavy atom. The molecule has 8 heteroatoms. The van der Waals surface area contributed by atoms with E-state index in [2.05, 4.69) is 16.8 Å². The molecule has 0 radical (unpaired) electrons. The van der Waals surface area contributed by atoms with Crippen LogP contribution >= 0.6 is 0 Å². The largest absolute Gasteiger partial charge is 0.493 e. The van der Waals surface area contributed by atoms with E-state index in [9.17, 15) is 9.59 Å². The van der Waals surface area contributed by atoms with Gasteiger partial charge in [0.15, 0.2) is 11.5 Å². The van der Waals surface area contributed by atoms with Crippen LogP contribution < -0.4 is 9.47 Å². The Bertz CT molecular complexity index is 1260. The molecule has 1 aromatic carbocycles. The number of rotatable bonds is 16. The summed E-state index contributed by atoms with van der Waals surface area (Å²) in [5.41, 5.74) is 2.31. The maximum absolute atomic E-state index is 13.9. The number of nitrogens with zero attached hydrogens (tertiary/aromatic N) is 1. The predicted molar refractivity (Wildman–Crippen MR) is 168 cm³/mol. The fourth-order valence-corrected chi connectivity index (χ4v) is 8.51. The van der Waals surface area contributed by atoms with Crippen LogP contribution in [0.1, 0.15) is 102 Å². The van der Waals surface area contributed by atoms with Gasteiger partial charge in [0.1, 0.15) is 5.41 Å². The number of fused-ring (bicyclic) bond motifs is 4. The van der Waals surface area contributed by atoms with E-state index < -0.39 is 5.41 Å². The van der Waals surface area contributed by atoms with Crippen LogP contribution in [0.5, 0.6) is 11.5 Å². The minimum Gasteiger partial charge on any atom is -0.493 e. The Kier molecular flexibility index (Phi) is 10.6. The topological polar surface area (TPSA) is 90.1 Å². The van der Waals surface area contributed by atoms with Gasteiger partial charge in [-0.2, -0.15) is 0 Å². The molecule has 4 heterocycles. The lowest BCUT2D eigenvalue weighted by atomic mass is 9.56. The highest BCUT2D eigenvalue weighted by Gasteiger charge is 2.63. The molecule has 2 saturated heterocycles. The molecule has 1 N–H and O–H groups in total. The van der Waals surface area contributed by atoms with Gasteiger partial charge >= 0.3 is 11.9 Å². The normalized spacial score (nSPS) is 25.7. The molecule has 8 nitrogen and oxygen atoms in total. The Morgan fingerprint density at radius 2 is 1.67 bits per heavy atom. The zero-order chi connectivity index (χ0) is 30.4. The lowest BCUT2D eigenvalue weighted by molar-refractivity contribution is -0.163. The molecule has 6 rings (SSSR count). The van der Waals surface area contributed by atoms with E-state index in [0.717, 1.165) is 68.2 Å². The van der Waals surface area contributed by atoms with Crippen LogP contribution in [0.15, 0.2) is 12.1 Å². The lowest BCUT2D eigenvalue weighted by Gasteiger charge is -2.57. The van der Waals surface area contributed by atoms with Crippen molar-refractivity contribution in [3.05, 3.63) is 23.4 Å². The van der Waals surface area contributed by atoms with Crippen molar-refractivity contribution in [1.29, 1.82) is 0 Å². The monoisotopic (exact) mass is 596 g/mol. The third kappa shape index (κ3) is 6.40. The Morgan fingerprint density at radius 1 is 0.977 bits per heavy atom. The second kappa shape index (κ2) is 14.4. The molecule has 4 unspecified atom stereocenters. The number of ether oxygens (including phenoxy) is 4. The summed E-state index contributed by atoms with van der Waals surface area (Å²) in [5, 5.41) is 1.07. The summed E-state index contributed by atoms with van der Waals surface area (Å²) >= 11 is 0. The molecule has 0 spiro atoms. The van der Waals surface area contributed by atoms with Crippen LogP contribution in [0.25, 0.3) is 10.9 Å². The maximum atomic E-state index is 13.9. The van der Waals surface area contributed by atoms with Crippen molar-refractivity contribution in [2.75, 3.05) is 41.0 Å². The minimum atomic E-state index is -0.785. The van der Waals surface area contributed by atoms with Crippen molar-refractivity contribution in [2.45, 2.75) is 108 Å². The maximum Gasteiger partial charge on any atom is 0.319 e. The first kappa shape index (κ1) is 31.7. The number of hydrogen-bond donors (Lipinski definition) is 1. The van der Waals surface area contributed by atoms with Crippen LogP contribution in [0, 0.1) is 11.8 Å². The highest BCUT2D eigenvalue weighted by atomic mass is 16.5. The number of piperidine rings is 2. The molecule has 3 fully saturated rings. The summed E-state index contributed by atoms with van der Waals surface area (Å²) in [6.45, 7) is 4.53. The SMILES string of the molecule is CCCCCCCCCCCC(=O)OCCC1C[C@@H]2CN3CCc4c([nH]c5cc(OC)c(OC)cc45)C(C(=O)OC)(C2)C13. The van der Waals surface area contributed by atoms with E-state index in [0.29, 0.717) is 30.4 Å². The quantitative estimate of drug-likeness (QED) is 0.170. The minimum absolute atomic E-state index is 0.000850. The van der Waals surface area contributed by atoms with Crippen molar-refractivity contribution >= 4 is 22.8 Å². The molecule has 238 valence electrons. The first-order valence-electron chi connectivity index (χ1n) is 16.7. The molecule has 4 aliphatic rings. The van der Waals surface area contributed by atoms with Gasteiger partial charge in [-0.05, 0) is 55.6 Å². The van der Waals surface area contributed by atoms with E-state index in [4.69, 9.17) is 18.9 Å². The predicted octanol–water partition coefficient (Wildman–Crippen LogP) is 6.72. The molecule has 1 aromatic heterocycles. The molecule has 2 aromatic rings. The average molecular weight is 597 g/mol. The van der Waals surface area contributed by atoms with Gasteiger partial charge in [0, 0.05) is 48.2 Å². The second-order valence-electron chi connectivity index (χ2n) is 13.0. The van der Waals surface area contributed by atoms with Crippen LogP contribution in [-0.2, 0) is 30.9 Å². The number of nitrogens with one attached hydrogen (secondary N) is 1. The van der Waals surface area contributed by atoms with Crippen molar-refractivity contribution in [2.24, 2.45) is 11.8 Å². The van der Waals surface area contributed by atoms with Gasteiger partial charge in [0.05, 0.1) is 27.9 Å². The molecule has 4 bridgehead atoms. The number of aromatic nitrogens is 1. The van der Waals surface area contributed by atoms with Crippen molar-refractivity contribution in [3.8, 4) is 11.5 Å². The van der Waals surface area contributed by atoms with Crippen molar-refractivity contribution in [1.82, 2.24) is 9.88 Å². The van der Waals surface area contributed by atoms with Gasteiger partial charge in [-0.1, -0.05) is 58.3 Å². The molecular weight excluding hydrogens is 544 g/mol. The van der Waals surface area contributed by atoms with Crippen LogP contribution in [0.4, 0.5) is 0 Å². The van der Waals surface area contributed by atoms with Crippen LogP contribution in [0.2, 0.25) is 0 Å². The standard InChI is InChI=1S/C35H52N2O6/c1-5-6-7-8-9-10-11-12-13-14-31(38)43-18-16-25-19-24-22-35(34(39)42-4)32-26(15-17-37(23-24)33(25)35)27-20-29(40-2)30(41-3)21-28(27)36-32/h20-21,24-25,33,36H,5-19,22-23H2,1-4H3/t24-,25?,33?,35?/m0/s1. The van der Waals surface area contributed by atoms with Gasteiger partial charge in [0.25, 0.3) is 0 Å². The summed E-state index contributed by atoms with van der Waals surface area (Å²) < 4.78 is 22.5. The van der Waals surface area contributed by atoms with Crippen LogP contribution in [0.3, 0.4) is 0 Å². The zero-order valence-electron chi connectivity index (χ0n) is 26.8. The Balaban J connectivity index is 1.25. The highest BCUT2D eigenvalue weighted by molar-refractivity contribution is 5.93. The molecule has 5 atom stereocenters. The smallest absolute Gasteiger partial charge is 0.319 e. The number of carbonyl (C=O) groups is 2. The number of carbonyl (C=O) groups excluding carboxylic acids is 2. The Labute approximate surface area is 257 Å². The molecule has 43 heavy (non-hydrogen) atoms. The van der Waals surface area contributed by atoms with Crippen molar-refractivity contribution < 1.29 is 28.5 Å². The summed E-state index contributed by atoms with van der Waals surface area (Å²) in [6.07, 6.45) is 15.0. The van der Waals surface area contributed by atoms with E-state index in [1.807, 2.05) is 12.1 Å². The van der Waals surface area contributed by atoms with Gasteiger partial charge in [0.2, 0.25) is 0 Å². The first-order valence-corrected chi connectivity index (χ1v) is 16.7. The number of esters is 2. The average Bonchev–Trinajstić information content (AvgIpc) is 3.34. The van der Waals surface area contributed by atoms with Gasteiger partial charge in [-0.15, -0.1) is 0 Å². The number of H-pyrrole nitrogens is 1. The highest BCUT2D eigenvalue weighted by Crippen LogP contribution is 2.55. The molecular formula is C35H52N2O6. The fourth-order valence-electron chi connectivity index (χ4n) is 8.51. The number of benzene rings is 1.